The zero-order valence-corrected chi connectivity index (χ0v) is 16.8. The van der Waals surface area contributed by atoms with Gasteiger partial charge in [0.2, 0.25) is 0 Å². The summed E-state index contributed by atoms with van der Waals surface area (Å²) in [6, 6.07) is 10.9. The number of hydrogen-bond acceptors (Lipinski definition) is 2. The average Bonchev–Trinajstić information content (AvgIpc) is 3.03. The number of halogens is 3. The maximum atomic E-state index is 13.7. The smallest absolute Gasteiger partial charge is 0.194 e. The highest BCUT2D eigenvalue weighted by molar-refractivity contribution is 9.10. The van der Waals surface area contributed by atoms with E-state index < -0.39 is 11.5 Å². The Morgan fingerprint density at radius 2 is 2.15 bits per heavy atom. The molecule has 0 radical (unpaired) electrons. The van der Waals surface area contributed by atoms with Crippen LogP contribution in [0.1, 0.15) is 30.9 Å². The highest BCUT2D eigenvalue weighted by Gasteiger charge is 2.60. The summed E-state index contributed by atoms with van der Waals surface area (Å²) in [4.78, 5) is 1.99. The number of ether oxygens (including phenoxy) is 1. The quantitative estimate of drug-likeness (QED) is 0.571. The van der Waals surface area contributed by atoms with Gasteiger partial charge < -0.3 is 10.1 Å². The molecule has 2 bridgehead atoms. The Labute approximate surface area is 169 Å². The topological polar surface area (TPSA) is 24.5 Å². The van der Waals surface area contributed by atoms with Gasteiger partial charge in [0.25, 0.3) is 0 Å². The zero-order valence-electron chi connectivity index (χ0n) is 13.6. The summed E-state index contributed by atoms with van der Waals surface area (Å²) in [5, 5.41) is 4.17. The number of nitrogens with zero attached hydrogens (tertiary/aromatic N) is 1. The standard InChI is InChI=1S/C19H15BrClFN2OS/c20-10-3-6-16-12(8-10)17-13-2-1-7-19(13,25-16)24(18(26)23-17)11-4-5-15(22)14(21)9-11/h3-6,8-9,13,17H,1-2,7H2,(H,23,26). The van der Waals surface area contributed by atoms with Gasteiger partial charge in [-0.1, -0.05) is 27.5 Å². The molecule has 1 N–H and O–H groups in total. The molecule has 2 heterocycles. The second-order valence-corrected chi connectivity index (χ2v) is 8.70. The maximum Gasteiger partial charge on any atom is 0.194 e. The van der Waals surface area contributed by atoms with Crippen LogP contribution in [0.15, 0.2) is 40.9 Å². The van der Waals surface area contributed by atoms with Crippen LogP contribution < -0.4 is 15.0 Å². The summed E-state index contributed by atoms with van der Waals surface area (Å²) >= 11 is 15.3. The molecule has 3 atom stereocenters. The molecule has 3 aliphatic rings. The molecule has 26 heavy (non-hydrogen) atoms. The third kappa shape index (κ3) is 2.25. The number of benzene rings is 2. The molecule has 1 saturated carbocycles. The van der Waals surface area contributed by atoms with Crippen LogP contribution in [-0.4, -0.2) is 10.8 Å². The summed E-state index contributed by atoms with van der Waals surface area (Å²) < 4.78 is 21.3. The molecule has 1 saturated heterocycles. The van der Waals surface area contributed by atoms with Crippen LogP contribution in [0.3, 0.4) is 0 Å². The Kier molecular flexibility index (Phi) is 3.75. The van der Waals surface area contributed by atoms with Crippen LogP contribution in [0.2, 0.25) is 5.02 Å². The van der Waals surface area contributed by atoms with E-state index in [0.717, 1.165) is 40.7 Å². The zero-order chi connectivity index (χ0) is 18.1. The highest BCUT2D eigenvalue weighted by Crippen LogP contribution is 2.56. The Hall–Kier alpha value is -1.37. The molecule has 2 fully saturated rings. The van der Waals surface area contributed by atoms with Crippen molar-refractivity contribution in [1.29, 1.82) is 0 Å². The highest BCUT2D eigenvalue weighted by atomic mass is 79.9. The molecule has 0 aromatic heterocycles. The van der Waals surface area contributed by atoms with Crippen molar-refractivity contribution in [3.63, 3.8) is 0 Å². The summed E-state index contributed by atoms with van der Waals surface area (Å²) in [5.41, 5.74) is 1.32. The first kappa shape index (κ1) is 16.8. The van der Waals surface area contributed by atoms with Gasteiger partial charge in [-0.3, -0.25) is 4.90 Å². The average molecular weight is 454 g/mol. The van der Waals surface area contributed by atoms with E-state index in [1.54, 1.807) is 12.1 Å². The van der Waals surface area contributed by atoms with E-state index >= 15 is 0 Å². The molecule has 5 rings (SSSR count). The van der Waals surface area contributed by atoms with Gasteiger partial charge in [0.15, 0.2) is 10.8 Å². The third-order valence-electron chi connectivity index (χ3n) is 5.65. The van der Waals surface area contributed by atoms with Crippen LogP contribution in [0, 0.1) is 11.7 Å². The summed E-state index contributed by atoms with van der Waals surface area (Å²) in [6.45, 7) is 0. The molecular weight excluding hydrogens is 439 g/mol. The Bertz CT molecular complexity index is 942. The molecular formula is C19H15BrClFN2OS. The maximum absolute atomic E-state index is 13.7. The minimum absolute atomic E-state index is 0.0820. The fourth-order valence-electron chi connectivity index (χ4n) is 4.63. The molecule has 1 aliphatic carbocycles. The van der Waals surface area contributed by atoms with Crippen LogP contribution in [0.25, 0.3) is 0 Å². The van der Waals surface area contributed by atoms with Gasteiger partial charge in [-0.25, -0.2) is 4.39 Å². The molecule has 0 spiro atoms. The summed E-state index contributed by atoms with van der Waals surface area (Å²) in [7, 11) is 0. The second kappa shape index (κ2) is 5.81. The Balaban J connectivity index is 1.68. The number of thiocarbonyl (C=S) groups is 1. The summed E-state index contributed by atoms with van der Waals surface area (Å²) in [6.07, 6.45) is 2.95. The van der Waals surface area contributed by atoms with E-state index in [2.05, 4.69) is 27.3 Å². The SMILES string of the molecule is Fc1ccc(N2C(=S)NC3c4cc(Br)ccc4OC24CCCC34)cc1Cl. The first-order chi connectivity index (χ1) is 12.5. The van der Waals surface area contributed by atoms with Gasteiger partial charge in [0, 0.05) is 28.1 Å². The summed E-state index contributed by atoms with van der Waals surface area (Å²) in [5.74, 6) is 0.675. The lowest BCUT2D eigenvalue weighted by Gasteiger charge is -2.56. The number of anilines is 1. The van der Waals surface area contributed by atoms with Crippen LogP contribution in [0.4, 0.5) is 10.1 Å². The van der Waals surface area contributed by atoms with Crippen molar-refractivity contribution in [2.24, 2.45) is 5.92 Å². The number of rotatable bonds is 1. The number of nitrogens with one attached hydrogen (secondary N) is 1. The number of fused-ring (bicyclic) bond motifs is 2. The number of hydrogen-bond donors (Lipinski definition) is 1. The molecule has 7 heteroatoms. The largest absolute Gasteiger partial charge is 0.467 e. The first-order valence-electron chi connectivity index (χ1n) is 8.54. The van der Waals surface area contributed by atoms with Crippen molar-refractivity contribution >= 4 is 50.5 Å². The van der Waals surface area contributed by atoms with Crippen LogP contribution in [0.5, 0.6) is 5.75 Å². The van der Waals surface area contributed by atoms with E-state index in [1.165, 1.54) is 6.07 Å². The van der Waals surface area contributed by atoms with Gasteiger partial charge in [-0.2, -0.15) is 0 Å². The van der Waals surface area contributed by atoms with E-state index in [1.807, 2.05) is 17.0 Å². The van der Waals surface area contributed by atoms with Gasteiger partial charge >= 0.3 is 0 Å². The minimum atomic E-state index is -0.561. The molecule has 2 aromatic carbocycles. The van der Waals surface area contributed by atoms with Crippen molar-refractivity contribution in [2.75, 3.05) is 4.90 Å². The molecule has 2 aliphatic heterocycles. The van der Waals surface area contributed by atoms with Gasteiger partial charge in [-0.15, -0.1) is 0 Å². The van der Waals surface area contributed by atoms with Crippen molar-refractivity contribution < 1.29 is 9.13 Å². The van der Waals surface area contributed by atoms with E-state index in [0.29, 0.717) is 5.11 Å². The fourth-order valence-corrected chi connectivity index (χ4v) is 5.57. The predicted molar refractivity (Wildman–Crippen MR) is 107 cm³/mol. The molecule has 0 amide bonds. The predicted octanol–water partition coefficient (Wildman–Crippen LogP) is 5.57. The molecule has 2 aromatic rings. The lowest BCUT2D eigenvalue weighted by molar-refractivity contribution is -0.00510. The second-order valence-electron chi connectivity index (χ2n) is 6.99. The third-order valence-corrected chi connectivity index (χ3v) is 6.73. The van der Waals surface area contributed by atoms with Gasteiger partial charge in [0.1, 0.15) is 11.6 Å². The monoisotopic (exact) mass is 452 g/mol. The lowest BCUT2D eigenvalue weighted by Crippen LogP contribution is -2.69. The van der Waals surface area contributed by atoms with E-state index in [9.17, 15) is 4.39 Å². The van der Waals surface area contributed by atoms with Crippen molar-refractivity contribution in [3.05, 3.63) is 57.3 Å². The normalized spacial score (nSPS) is 28.9. The lowest BCUT2D eigenvalue weighted by atomic mass is 9.80. The Morgan fingerprint density at radius 1 is 1.31 bits per heavy atom. The van der Waals surface area contributed by atoms with Gasteiger partial charge in [0.05, 0.1) is 11.1 Å². The van der Waals surface area contributed by atoms with Crippen LogP contribution >= 0.6 is 39.7 Å². The first-order valence-corrected chi connectivity index (χ1v) is 10.1. The molecule has 3 nitrogen and oxygen atoms in total. The molecule has 134 valence electrons. The van der Waals surface area contributed by atoms with Crippen molar-refractivity contribution in [1.82, 2.24) is 5.32 Å². The van der Waals surface area contributed by atoms with Crippen molar-refractivity contribution in [2.45, 2.75) is 31.0 Å². The van der Waals surface area contributed by atoms with Crippen LogP contribution in [-0.2, 0) is 0 Å². The van der Waals surface area contributed by atoms with Crippen molar-refractivity contribution in [3.8, 4) is 5.75 Å². The van der Waals surface area contributed by atoms with E-state index in [-0.39, 0.29) is 17.0 Å². The fraction of sp³-hybridized carbons (Fsp3) is 0.316. The molecule has 3 unspecified atom stereocenters. The van der Waals surface area contributed by atoms with E-state index in [4.69, 9.17) is 28.6 Å². The Morgan fingerprint density at radius 3 is 2.96 bits per heavy atom. The van der Waals surface area contributed by atoms with Gasteiger partial charge in [-0.05, 0) is 61.5 Å². The minimum Gasteiger partial charge on any atom is -0.467 e.